The number of hydrogen-bond donors (Lipinski definition) is 2. The summed E-state index contributed by atoms with van der Waals surface area (Å²) >= 11 is 1.24. The van der Waals surface area contributed by atoms with Crippen molar-refractivity contribution in [2.45, 2.75) is 18.9 Å². The van der Waals surface area contributed by atoms with Gasteiger partial charge in [0, 0.05) is 18.4 Å². The monoisotopic (exact) mass is 532 g/mol. The predicted octanol–water partition coefficient (Wildman–Crippen LogP) is 4.23. The minimum absolute atomic E-state index is 0.0846. The molecule has 0 bridgehead atoms. The fourth-order valence-electron chi connectivity index (χ4n) is 3.85. The molecule has 5 rings (SSSR count). The van der Waals surface area contributed by atoms with E-state index in [1.54, 1.807) is 18.8 Å². The summed E-state index contributed by atoms with van der Waals surface area (Å²) in [5, 5.41) is 3.91. The molecule has 38 heavy (non-hydrogen) atoms. The molecule has 0 aliphatic rings. The number of carbonyl (C=O) groups excluding carboxylic acids is 2. The molecule has 194 valence electrons. The number of methoxy groups -OCH3 is 1. The van der Waals surface area contributed by atoms with E-state index >= 15 is 0 Å². The van der Waals surface area contributed by atoms with Crippen molar-refractivity contribution in [2.24, 2.45) is 0 Å². The number of nitrogens with zero attached hydrogens (tertiary/aromatic N) is 4. The maximum atomic E-state index is 12.8. The van der Waals surface area contributed by atoms with Gasteiger partial charge >= 0.3 is 0 Å². The summed E-state index contributed by atoms with van der Waals surface area (Å²) in [6, 6.07) is 9.15. The average Bonchev–Trinajstić information content (AvgIpc) is 3.74. The summed E-state index contributed by atoms with van der Waals surface area (Å²) in [5.74, 6) is 0.562. The first-order valence-corrected chi connectivity index (χ1v) is 12.7. The number of oxazole rings is 1. The van der Waals surface area contributed by atoms with Crippen LogP contribution in [0.4, 0.5) is 0 Å². The molecule has 1 amide bonds. The molecule has 0 fully saturated rings. The first-order valence-electron chi connectivity index (χ1n) is 11.8. The number of aromatic nitrogens is 5. The Morgan fingerprint density at radius 1 is 1.21 bits per heavy atom. The minimum Gasteiger partial charge on any atom is -0.480 e. The molecule has 0 saturated heterocycles. The van der Waals surface area contributed by atoms with Gasteiger partial charge in [0.15, 0.2) is 0 Å². The Kier molecular flexibility index (Phi) is 7.81. The van der Waals surface area contributed by atoms with Crippen LogP contribution >= 0.6 is 11.3 Å². The van der Waals surface area contributed by atoms with Gasteiger partial charge in [0.25, 0.3) is 11.8 Å². The normalized spacial score (nSPS) is 11.9. The number of carbonyl (C=O) groups is 2. The van der Waals surface area contributed by atoms with Gasteiger partial charge in [0.05, 0.1) is 54.6 Å². The number of ketones is 1. The molecule has 0 spiro atoms. The summed E-state index contributed by atoms with van der Waals surface area (Å²) < 4.78 is 16.4. The lowest BCUT2D eigenvalue weighted by Crippen LogP contribution is -2.32. The van der Waals surface area contributed by atoms with E-state index in [1.807, 2.05) is 30.3 Å². The van der Waals surface area contributed by atoms with Crippen LogP contribution < -0.4 is 10.1 Å². The van der Waals surface area contributed by atoms with Crippen LogP contribution in [0.15, 0.2) is 65.1 Å². The molecular weight excluding hydrogens is 508 g/mol. The van der Waals surface area contributed by atoms with Crippen LogP contribution in [0, 0.1) is 0 Å². The second-order valence-electron chi connectivity index (χ2n) is 8.25. The molecule has 0 radical (unpaired) electrons. The molecule has 5 aromatic rings. The molecule has 4 aromatic heterocycles. The lowest BCUT2D eigenvalue weighted by atomic mass is 10.1. The second kappa shape index (κ2) is 11.8. The Labute approximate surface area is 221 Å². The Hall–Kier alpha value is -4.42. The molecule has 2 N–H and O–H groups in total. The van der Waals surface area contributed by atoms with E-state index in [4.69, 9.17) is 13.9 Å². The number of para-hydroxylation sites is 1. The number of hydrogen-bond acceptors (Lipinski definition) is 10. The Morgan fingerprint density at radius 3 is 2.89 bits per heavy atom. The zero-order valence-corrected chi connectivity index (χ0v) is 21.2. The predicted molar refractivity (Wildman–Crippen MR) is 139 cm³/mol. The van der Waals surface area contributed by atoms with Crippen molar-refractivity contribution < 1.29 is 23.5 Å². The average molecular weight is 533 g/mol. The Morgan fingerprint density at radius 2 is 2.11 bits per heavy atom. The Balaban J connectivity index is 1.31. The molecule has 1 aromatic carbocycles. The first-order chi connectivity index (χ1) is 18.6. The lowest BCUT2D eigenvalue weighted by Gasteiger charge is -2.16. The molecule has 4 heterocycles. The molecule has 0 aliphatic carbocycles. The van der Waals surface area contributed by atoms with Gasteiger partial charge in [-0.05, 0) is 18.6 Å². The number of Topliss-reactive ketones (excluding diaryl/α,β-unsaturated/α-hetero) is 1. The number of thiazole rings is 1. The lowest BCUT2D eigenvalue weighted by molar-refractivity contribution is 0.0799. The van der Waals surface area contributed by atoms with E-state index in [0.29, 0.717) is 35.3 Å². The van der Waals surface area contributed by atoms with Crippen molar-refractivity contribution in [1.29, 1.82) is 0 Å². The molecule has 12 heteroatoms. The number of H-pyrrole nitrogens is 1. The van der Waals surface area contributed by atoms with Gasteiger partial charge in [-0.15, -0.1) is 11.3 Å². The quantitative estimate of drug-likeness (QED) is 0.178. The summed E-state index contributed by atoms with van der Waals surface area (Å²) in [6.45, 7) is 0.438. The second-order valence-corrected chi connectivity index (χ2v) is 9.14. The van der Waals surface area contributed by atoms with Crippen molar-refractivity contribution in [1.82, 2.24) is 30.2 Å². The van der Waals surface area contributed by atoms with E-state index in [-0.39, 0.29) is 30.6 Å². The number of rotatable bonds is 12. The van der Waals surface area contributed by atoms with Crippen LogP contribution in [-0.2, 0) is 4.74 Å². The highest BCUT2D eigenvalue weighted by Crippen LogP contribution is 2.31. The van der Waals surface area contributed by atoms with Gasteiger partial charge in [-0.2, -0.15) is 0 Å². The minimum atomic E-state index is -0.583. The summed E-state index contributed by atoms with van der Waals surface area (Å²) in [5.41, 5.74) is 3.83. The SMILES string of the molecule is COc1nc2ccccc2cc1-c1cnc([C@H](COCCCC(=O)c2ncco2)NC(=O)c2cncs2)[nH]1. The highest BCUT2D eigenvalue weighted by Gasteiger charge is 2.22. The Bertz CT molecular complexity index is 1520. The number of pyridine rings is 1. The third-order valence-corrected chi connectivity index (χ3v) is 6.48. The number of imidazole rings is 1. The van der Waals surface area contributed by atoms with Gasteiger partial charge in [-0.1, -0.05) is 18.2 Å². The van der Waals surface area contributed by atoms with Crippen LogP contribution in [0.25, 0.3) is 22.2 Å². The molecule has 0 saturated carbocycles. The summed E-state index contributed by atoms with van der Waals surface area (Å²) in [6.07, 6.45) is 6.68. The van der Waals surface area contributed by atoms with Crippen LogP contribution in [0.3, 0.4) is 0 Å². The number of benzene rings is 1. The highest BCUT2D eigenvalue weighted by molar-refractivity contribution is 7.11. The van der Waals surface area contributed by atoms with Gasteiger partial charge < -0.3 is 24.2 Å². The smallest absolute Gasteiger partial charge is 0.263 e. The third kappa shape index (κ3) is 5.76. The van der Waals surface area contributed by atoms with Gasteiger partial charge in [-0.3, -0.25) is 14.6 Å². The van der Waals surface area contributed by atoms with E-state index in [0.717, 1.165) is 16.5 Å². The molecular formula is C26H24N6O5S. The van der Waals surface area contributed by atoms with Gasteiger partial charge in [0.1, 0.15) is 23.0 Å². The van der Waals surface area contributed by atoms with Crippen LogP contribution in [0.5, 0.6) is 5.88 Å². The summed E-state index contributed by atoms with van der Waals surface area (Å²) in [7, 11) is 1.57. The van der Waals surface area contributed by atoms with Crippen molar-refractivity contribution in [3.8, 4) is 17.1 Å². The number of fused-ring (bicyclic) bond motifs is 1. The topological polar surface area (TPSA) is 145 Å². The molecule has 1 atom stereocenters. The van der Waals surface area contributed by atoms with E-state index in [1.165, 1.54) is 30.0 Å². The summed E-state index contributed by atoms with van der Waals surface area (Å²) in [4.78, 5) is 45.6. The number of amides is 1. The van der Waals surface area contributed by atoms with Crippen molar-refractivity contribution in [3.63, 3.8) is 0 Å². The largest absolute Gasteiger partial charge is 0.480 e. The van der Waals surface area contributed by atoms with E-state index in [9.17, 15) is 9.59 Å². The zero-order chi connectivity index (χ0) is 26.3. The number of nitrogens with one attached hydrogen (secondary N) is 2. The van der Waals surface area contributed by atoms with Crippen molar-refractivity contribution >= 4 is 33.9 Å². The molecule has 0 unspecified atom stereocenters. The molecule has 0 aliphatic heterocycles. The van der Waals surface area contributed by atoms with E-state index < -0.39 is 6.04 Å². The fraction of sp³-hybridized carbons (Fsp3) is 0.231. The third-order valence-electron chi connectivity index (χ3n) is 5.71. The maximum absolute atomic E-state index is 12.8. The first kappa shape index (κ1) is 25.2. The van der Waals surface area contributed by atoms with E-state index in [2.05, 4.69) is 30.2 Å². The maximum Gasteiger partial charge on any atom is 0.263 e. The van der Waals surface area contributed by atoms with Crippen molar-refractivity contribution in [3.05, 3.63) is 77.3 Å². The van der Waals surface area contributed by atoms with Crippen LogP contribution in [0.2, 0.25) is 0 Å². The van der Waals surface area contributed by atoms with Gasteiger partial charge in [0.2, 0.25) is 11.7 Å². The van der Waals surface area contributed by atoms with Crippen LogP contribution in [-0.4, -0.2) is 56.9 Å². The molecule has 11 nitrogen and oxygen atoms in total. The zero-order valence-electron chi connectivity index (χ0n) is 20.4. The van der Waals surface area contributed by atoms with Crippen molar-refractivity contribution in [2.75, 3.05) is 20.3 Å². The standard InChI is InChI=1S/C26H24N6O5S/c1-35-25-17(11-16-5-2-3-6-18(16)32-25)19-12-29-23(30-19)20(31-24(34)22-13-27-15-38-22)14-36-9-4-7-21(33)26-28-8-10-37-26/h2-3,5-6,8,10-13,15,20H,4,7,9,14H2,1H3,(H,29,30)(H,31,34)/t20-/m0/s1. The fourth-order valence-corrected chi connectivity index (χ4v) is 4.37. The van der Waals surface area contributed by atoms with Crippen LogP contribution in [0.1, 0.15) is 45.1 Å². The number of aromatic amines is 1. The highest BCUT2D eigenvalue weighted by atomic mass is 32.1. The van der Waals surface area contributed by atoms with Gasteiger partial charge in [-0.25, -0.2) is 15.0 Å². The number of ether oxygens (including phenoxy) is 2.